The molecule has 0 unspecified atom stereocenters. The van der Waals surface area contributed by atoms with Crippen LogP contribution in [0, 0.1) is 5.92 Å². The zero-order valence-corrected chi connectivity index (χ0v) is 13.0. The number of amides is 1. The summed E-state index contributed by atoms with van der Waals surface area (Å²) in [7, 11) is 0. The third-order valence-corrected chi connectivity index (χ3v) is 4.42. The molecule has 1 N–H and O–H groups in total. The van der Waals surface area contributed by atoms with E-state index >= 15 is 0 Å². The minimum Gasteiger partial charge on any atom is -0.481 e. The molecule has 1 heterocycles. The highest BCUT2D eigenvalue weighted by molar-refractivity contribution is 9.10. The Kier molecular flexibility index (Phi) is 4.81. The molecule has 1 aliphatic rings. The van der Waals surface area contributed by atoms with Crippen LogP contribution in [-0.2, 0) is 16.0 Å². The number of aliphatic carboxylic acids is 1. The largest absolute Gasteiger partial charge is 0.481 e. The molecule has 0 spiro atoms. The lowest BCUT2D eigenvalue weighted by molar-refractivity contribution is -0.148. The lowest BCUT2D eigenvalue weighted by Gasteiger charge is -2.37. The average Bonchev–Trinajstić information content (AvgIpc) is 2.41. The van der Waals surface area contributed by atoms with Crippen LogP contribution in [0.25, 0.3) is 0 Å². The Morgan fingerprint density at radius 3 is 2.60 bits per heavy atom. The highest BCUT2D eigenvalue weighted by atomic mass is 79.9. The summed E-state index contributed by atoms with van der Waals surface area (Å²) in [6, 6.07) is 7.39. The molecule has 1 aromatic carbocycles. The van der Waals surface area contributed by atoms with E-state index in [1.165, 1.54) is 0 Å². The van der Waals surface area contributed by atoms with Crippen LogP contribution in [0.5, 0.6) is 0 Å². The quantitative estimate of drug-likeness (QED) is 0.920. The zero-order valence-electron chi connectivity index (χ0n) is 11.4. The van der Waals surface area contributed by atoms with Crippen LogP contribution in [0.2, 0.25) is 0 Å². The summed E-state index contributed by atoms with van der Waals surface area (Å²) < 4.78 is 0.978. The number of hydrogen-bond acceptors (Lipinski definition) is 2. The maximum atomic E-state index is 12.4. The van der Waals surface area contributed by atoms with Gasteiger partial charge >= 0.3 is 5.97 Å². The van der Waals surface area contributed by atoms with Crippen LogP contribution in [0.1, 0.15) is 25.3 Å². The van der Waals surface area contributed by atoms with E-state index in [4.69, 9.17) is 0 Å². The second kappa shape index (κ2) is 6.39. The molecule has 1 fully saturated rings. The Bertz CT molecular complexity index is 500. The molecule has 108 valence electrons. The van der Waals surface area contributed by atoms with Crippen molar-refractivity contribution in [1.82, 2.24) is 4.90 Å². The third-order valence-electron chi connectivity index (χ3n) is 3.89. The minimum absolute atomic E-state index is 0.00534. The number of carboxylic acids is 1. The monoisotopic (exact) mass is 339 g/mol. The van der Waals surface area contributed by atoms with Crippen molar-refractivity contribution in [1.29, 1.82) is 0 Å². The van der Waals surface area contributed by atoms with E-state index in [1.54, 1.807) is 4.90 Å². The van der Waals surface area contributed by atoms with Gasteiger partial charge in [-0.1, -0.05) is 28.1 Å². The molecule has 2 atom stereocenters. The Balaban J connectivity index is 2.04. The Morgan fingerprint density at radius 2 is 2.00 bits per heavy atom. The van der Waals surface area contributed by atoms with Crippen LogP contribution in [0.15, 0.2) is 28.7 Å². The van der Waals surface area contributed by atoms with Crippen molar-refractivity contribution in [3.8, 4) is 0 Å². The Morgan fingerprint density at radius 1 is 1.35 bits per heavy atom. The third kappa shape index (κ3) is 3.39. The fraction of sp³-hybridized carbons (Fsp3) is 0.467. The molecule has 4 nitrogen and oxygen atoms in total. The van der Waals surface area contributed by atoms with Crippen molar-refractivity contribution >= 4 is 27.8 Å². The van der Waals surface area contributed by atoms with Gasteiger partial charge in [0.1, 0.15) is 0 Å². The molecule has 1 saturated heterocycles. The van der Waals surface area contributed by atoms with Crippen LogP contribution in [-0.4, -0.2) is 34.5 Å². The Hall–Kier alpha value is -1.36. The molecule has 1 aliphatic heterocycles. The van der Waals surface area contributed by atoms with Crippen LogP contribution in [0.4, 0.5) is 0 Å². The number of hydrogen-bond donors (Lipinski definition) is 1. The van der Waals surface area contributed by atoms with Crippen molar-refractivity contribution in [3.05, 3.63) is 34.3 Å². The van der Waals surface area contributed by atoms with Gasteiger partial charge in [-0.2, -0.15) is 0 Å². The molecule has 0 aliphatic carbocycles. The molecular formula is C15H18BrNO3. The summed E-state index contributed by atoms with van der Waals surface area (Å²) in [5, 5.41) is 9.19. The maximum Gasteiger partial charge on any atom is 0.308 e. The van der Waals surface area contributed by atoms with Crippen molar-refractivity contribution < 1.29 is 14.7 Å². The molecule has 0 bridgehead atoms. The smallest absolute Gasteiger partial charge is 0.308 e. The summed E-state index contributed by atoms with van der Waals surface area (Å²) in [6.45, 7) is 2.48. The van der Waals surface area contributed by atoms with E-state index in [2.05, 4.69) is 15.9 Å². The number of likely N-dealkylation sites (tertiary alicyclic amines) is 1. The van der Waals surface area contributed by atoms with E-state index in [0.717, 1.165) is 16.5 Å². The fourth-order valence-electron chi connectivity index (χ4n) is 2.70. The first-order chi connectivity index (χ1) is 9.49. The van der Waals surface area contributed by atoms with Gasteiger partial charge in [0.25, 0.3) is 0 Å². The van der Waals surface area contributed by atoms with E-state index in [9.17, 15) is 14.7 Å². The summed E-state index contributed by atoms with van der Waals surface area (Å²) in [5.41, 5.74) is 0.947. The number of piperidine rings is 1. The zero-order chi connectivity index (χ0) is 14.7. The van der Waals surface area contributed by atoms with Gasteiger partial charge in [-0.25, -0.2) is 0 Å². The summed E-state index contributed by atoms with van der Waals surface area (Å²) in [5.74, 6) is -1.25. The predicted octanol–water partition coefficient (Wildman–Crippen LogP) is 2.70. The van der Waals surface area contributed by atoms with Gasteiger partial charge in [-0.3, -0.25) is 9.59 Å². The highest BCUT2D eigenvalue weighted by Gasteiger charge is 2.35. The van der Waals surface area contributed by atoms with Gasteiger partial charge in [0.05, 0.1) is 12.3 Å². The predicted molar refractivity (Wildman–Crippen MR) is 79.4 cm³/mol. The summed E-state index contributed by atoms with van der Waals surface area (Å²) >= 11 is 3.36. The summed E-state index contributed by atoms with van der Waals surface area (Å²) in [4.78, 5) is 25.3. The van der Waals surface area contributed by atoms with Gasteiger partial charge in [-0.05, 0) is 37.5 Å². The number of benzene rings is 1. The Labute approximate surface area is 126 Å². The van der Waals surface area contributed by atoms with E-state index in [1.807, 2.05) is 31.2 Å². The second-order valence-electron chi connectivity index (χ2n) is 5.22. The van der Waals surface area contributed by atoms with Crippen molar-refractivity contribution in [2.45, 2.75) is 32.2 Å². The highest BCUT2D eigenvalue weighted by Crippen LogP contribution is 2.24. The van der Waals surface area contributed by atoms with E-state index in [0.29, 0.717) is 19.4 Å². The lowest BCUT2D eigenvalue weighted by atomic mass is 9.90. The van der Waals surface area contributed by atoms with Crippen LogP contribution >= 0.6 is 15.9 Å². The van der Waals surface area contributed by atoms with Gasteiger partial charge in [0, 0.05) is 17.1 Å². The van der Waals surface area contributed by atoms with E-state index in [-0.39, 0.29) is 11.9 Å². The first kappa shape index (κ1) is 15.0. The number of halogens is 1. The van der Waals surface area contributed by atoms with Crippen LogP contribution in [0.3, 0.4) is 0 Å². The molecule has 0 radical (unpaired) electrons. The molecule has 1 aromatic rings. The molecule has 0 saturated carbocycles. The van der Waals surface area contributed by atoms with Crippen molar-refractivity contribution in [3.63, 3.8) is 0 Å². The number of nitrogens with zero attached hydrogens (tertiary/aromatic N) is 1. The normalized spacial score (nSPS) is 22.6. The lowest BCUT2D eigenvalue weighted by Crippen LogP contribution is -2.49. The molecule has 5 heteroatoms. The molecule has 1 amide bonds. The molecule has 0 aromatic heterocycles. The second-order valence-corrected chi connectivity index (χ2v) is 6.13. The summed E-state index contributed by atoms with van der Waals surface area (Å²) in [6.07, 6.45) is 1.73. The van der Waals surface area contributed by atoms with Gasteiger partial charge < -0.3 is 10.0 Å². The van der Waals surface area contributed by atoms with Crippen molar-refractivity contribution in [2.75, 3.05) is 6.54 Å². The standard InChI is InChI=1S/C15H18BrNO3/c1-10-13(15(19)20)3-2-8-17(10)14(18)9-11-4-6-12(16)7-5-11/h4-7,10,13H,2-3,8-9H2,1H3,(H,19,20)/t10-,13-/m1/s1. The fourth-order valence-corrected chi connectivity index (χ4v) is 2.97. The molecular weight excluding hydrogens is 322 g/mol. The first-order valence-corrected chi connectivity index (χ1v) is 7.55. The average molecular weight is 340 g/mol. The van der Waals surface area contributed by atoms with E-state index < -0.39 is 11.9 Å². The molecule has 2 rings (SSSR count). The number of carboxylic acid groups (broad SMARTS) is 1. The van der Waals surface area contributed by atoms with Gasteiger partial charge in [-0.15, -0.1) is 0 Å². The van der Waals surface area contributed by atoms with Gasteiger partial charge in [0.15, 0.2) is 0 Å². The van der Waals surface area contributed by atoms with Crippen molar-refractivity contribution in [2.24, 2.45) is 5.92 Å². The number of carbonyl (C=O) groups is 2. The van der Waals surface area contributed by atoms with Gasteiger partial charge in [0.2, 0.25) is 5.91 Å². The first-order valence-electron chi connectivity index (χ1n) is 6.75. The maximum absolute atomic E-state index is 12.4. The number of rotatable bonds is 3. The topological polar surface area (TPSA) is 57.6 Å². The van der Waals surface area contributed by atoms with Crippen LogP contribution < -0.4 is 0 Å². The minimum atomic E-state index is -0.807. The SMILES string of the molecule is C[C@@H]1[C@H](C(=O)O)CCCN1C(=O)Cc1ccc(Br)cc1. The molecule has 20 heavy (non-hydrogen) atoms. The number of carbonyl (C=O) groups excluding carboxylic acids is 1.